The molecular weight excluding hydrogens is 443 g/mol. The smallest absolute Gasteiger partial charge is 0.261 e. The SMILES string of the molecule is CN/C(N)=C(\C(=N)C1CC2CC(c3ccccc3)C(O)C2C1)C(=O)Nc1ccc(F)c(Cl)c1. The maximum Gasteiger partial charge on any atom is 0.261 e. The van der Waals surface area contributed by atoms with E-state index in [1.54, 1.807) is 7.05 Å². The summed E-state index contributed by atoms with van der Waals surface area (Å²) >= 11 is 5.82. The fourth-order valence-electron chi connectivity index (χ4n) is 5.37. The van der Waals surface area contributed by atoms with Gasteiger partial charge in [-0.25, -0.2) is 4.39 Å². The van der Waals surface area contributed by atoms with Gasteiger partial charge in [0.1, 0.15) is 17.2 Å². The first-order valence-corrected chi connectivity index (χ1v) is 11.4. The molecule has 0 bridgehead atoms. The molecule has 2 fully saturated rings. The Bertz CT molecular complexity index is 1090. The van der Waals surface area contributed by atoms with Crippen molar-refractivity contribution in [1.82, 2.24) is 5.32 Å². The molecule has 0 saturated heterocycles. The number of aliphatic hydroxyl groups is 1. The van der Waals surface area contributed by atoms with Gasteiger partial charge in [-0.15, -0.1) is 0 Å². The lowest BCUT2D eigenvalue weighted by Gasteiger charge is -2.22. The average molecular weight is 471 g/mol. The number of carbonyl (C=O) groups excluding carboxylic acids is 1. The van der Waals surface area contributed by atoms with Crippen LogP contribution in [0, 0.1) is 29.0 Å². The highest BCUT2D eigenvalue weighted by molar-refractivity contribution is 6.31. The van der Waals surface area contributed by atoms with Gasteiger partial charge in [-0.3, -0.25) is 4.79 Å². The third-order valence-corrected chi connectivity index (χ3v) is 7.30. The molecule has 2 saturated carbocycles. The minimum atomic E-state index is -0.585. The lowest BCUT2D eigenvalue weighted by atomic mass is 9.87. The summed E-state index contributed by atoms with van der Waals surface area (Å²) in [5, 5.41) is 25.1. The first-order valence-electron chi connectivity index (χ1n) is 11.1. The van der Waals surface area contributed by atoms with Crippen molar-refractivity contribution in [2.24, 2.45) is 23.5 Å². The van der Waals surface area contributed by atoms with Gasteiger partial charge in [0.25, 0.3) is 5.91 Å². The molecule has 2 aliphatic carbocycles. The largest absolute Gasteiger partial charge is 0.392 e. The molecule has 2 aromatic rings. The zero-order valence-electron chi connectivity index (χ0n) is 18.3. The van der Waals surface area contributed by atoms with E-state index >= 15 is 0 Å². The summed E-state index contributed by atoms with van der Waals surface area (Å²) in [6.07, 6.45) is 1.74. The van der Waals surface area contributed by atoms with Gasteiger partial charge in [0.2, 0.25) is 0 Å². The lowest BCUT2D eigenvalue weighted by molar-refractivity contribution is -0.112. The zero-order valence-corrected chi connectivity index (χ0v) is 19.1. The number of nitrogens with two attached hydrogens (primary N) is 1. The Morgan fingerprint density at radius 2 is 1.91 bits per heavy atom. The molecular formula is C25H28ClFN4O2. The third kappa shape index (κ3) is 4.61. The molecule has 0 aliphatic heterocycles. The van der Waals surface area contributed by atoms with Crippen molar-refractivity contribution in [2.45, 2.75) is 31.3 Å². The van der Waals surface area contributed by atoms with Crippen molar-refractivity contribution in [3.05, 3.63) is 76.3 Å². The summed E-state index contributed by atoms with van der Waals surface area (Å²) in [7, 11) is 1.59. The molecule has 1 amide bonds. The lowest BCUT2D eigenvalue weighted by Crippen LogP contribution is -2.32. The van der Waals surface area contributed by atoms with Crippen molar-refractivity contribution < 1.29 is 14.3 Å². The number of nitrogens with one attached hydrogen (secondary N) is 3. The number of hydrogen-bond donors (Lipinski definition) is 5. The van der Waals surface area contributed by atoms with E-state index in [0.29, 0.717) is 12.1 Å². The quantitative estimate of drug-likeness (QED) is 0.324. The van der Waals surface area contributed by atoms with Crippen LogP contribution in [0.4, 0.5) is 10.1 Å². The number of anilines is 1. The highest BCUT2D eigenvalue weighted by Gasteiger charge is 2.49. The standard InChI is InChI=1S/C25H28ClFN4O2/c1-30-24(29)21(25(33)31-16-7-8-20(27)19(26)12-16)22(28)15-9-14-10-17(23(32)18(14)11-15)13-5-3-2-4-6-13/h2-8,12,14-15,17-18,23,28,30,32H,9-11,29H2,1H3,(H,31,33)/b24-21+,28-22?. The third-order valence-electron chi connectivity index (χ3n) is 7.01. The maximum absolute atomic E-state index is 13.5. The van der Waals surface area contributed by atoms with Crippen molar-refractivity contribution in [3.63, 3.8) is 0 Å². The summed E-state index contributed by atoms with van der Waals surface area (Å²) in [5.41, 5.74) is 7.72. The number of fused-ring (bicyclic) bond motifs is 1. The predicted octanol–water partition coefficient (Wildman–Crippen LogP) is 4.02. The van der Waals surface area contributed by atoms with Gasteiger partial charge in [-0.1, -0.05) is 41.9 Å². The number of halogens is 2. The fourth-order valence-corrected chi connectivity index (χ4v) is 5.55. The summed E-state index contributed by atoms with van der Waals surface area (Å²) in [5.74, 6) is -0.781. The van der Waals surface area contributed by atoms with Crippen LogP contribution in [-0.4, -0.2) is 29.9 Å². The Hall–Kier alpha value is -2.90. The van der Waals surface area contributed by atoms with Crippen LogP contribution in [0.3, 0.4) is 0 Å². The molecule has 5 atom stereocenters. The second-order valence-corrected chi connectivity index (χ2v) is 9.28. The highest BCUT2D eigenvalue weighted by Crippen LogP contribution is 2.53. The second kappa shape index (κ2) is 9.53. The molecule has 0 aromatic heterocycles. The number of aliphatic hydroxyl groups excluding tert-OH is 1. The van der Waals surface area contributed by atoms with Crippen LogP contribution in [0.15, 0.2) is 59.9 Å². The second-order valence-electron chi connectivity index (χ2n) is 8.87. The number of carbonyl (C=O) groups is 1. The molecule has 4 rings (SSSR count). The molecule has 6 N–H and O–H groups in total. The maximum atomic E-state index is 13.5. The van der Waals surface area contributed by atoms with Crippen LogP contribution in [-0.2, 0) is 4.79 Å². The van der Waals surface area contributed by atoms with Crippen molar-refractivity contribution >= 4 is 28.9 Å². The highest BCUT2D eigenvalue weighted by atomic mass is 35.5. The minimum Gasteiger partial charge on any atom is -0.392 e. The Kier molecular flexibility index (Phi) is 6.72. The Morgan fingerprint density at radius 1 is 1.18 bits per heavy atom. The van der Waals surface area contributed by atoms with E-state index in [4.69, 9.17) is 22.7 Å². The monoisotopic (exact) mass is 470 g/mol. The van der Waals surface area contributed by atoms with Gasteiger partial charge >= 0.3 is 0 Å². The molecule has 5 unspecified atom stereocenters. The molecule has 6 nitrogen and oxygen atoms in total. The normalized spacial score (nSPS) is 27.0. The van der Waals surface area contributed by atoms with E-state index < -0.39 is 17.8 Å². The van der Waals surface area contributed by atoms with E-state index in [0.717, 1.165) is 24.5 Å². The van der Waals surface area contributed by atoms with Gasteiger partial charge in [-0.05, 0) is 54.9 Å². The van der Waals surface area contributed by atoms with Crippen LogP contribution < -0.4 is 16.4 Å². The molecule has 2 aromatic carbocycles. The molecule has 174 valence electrons. The van der Waals surface area contributed by atoms with E-state index in [9.17, 15) is 14.3 Å². The summed E-state index contributed by atoms with van der Waals surface area (Å²) in [6, 6.07) is 13.9. The molecule has 8 heteroatoms. The Balaban J connectivity index is 1.49. The van der Waals surface area contributed by atoms with E-state index in [2.05, 4.69) is 22.8 Å². The molecule has 0 spiro atoms. The van der Waals surface area contributed by atoms with Crippen molar-refractivity contribution in [1.29, 1.82) is 5.41 Å². The number of benzene rings is 2. The minimum absolute atomic E-state index is 0.0528. The van der Waals surface area contributed by atoms with Gasteiger partial charge in [0, 0.05) is 24.6 Å². The van der Waals surface area contributed by atoms with Crippen LogP contribution in [0.25, 0.3) is 0 Å². The Morgan fingerprint density at radius 3 is 2.55 bits per heavy atom. The van der Waals surface area contributed by atoms with Gasteiger partial charge in [0.05, 0.1) is 16.8 Å². The van der Waals surface area contributed by atoms with Gasteiger partial charge < -0.3 is 26.9 Å². The number of rotatable bonds is 6. The first kappa shape index (κ1) is 23.3. The van der Waals surface area contributed by atoms with Crippen molar-refractivity contribution in [3.8, 4) is 0 Å². The summed E-state index contributed by atoms with van der Waals surface area (Å²) in [4.78, 5) is 13.0. The van der Waals surface area contributed by atoms with Crippen LogP contribution in [0.5, 0.6) is 0 Å². The molecule has 0 heterocycles. The van der Waals surface area contributed by atoms with Crippen LogP contribution in [0.2, 0.25) is 5.02 Å². The fraction of sp³-hybridized carbons (Fsp3) is 0.360. The first-order chi connectivity index (χ1) is 15.8. The average Bonchev–Trinajstić information content (AvgIpc) is 3.36. The summed E-state index contributed by atoms with van der Waals surface area (Å²) in [6.45, 7) is 0. The van der Waals surface area contributed by atoms with E-state index in [1.807, 2.05) is 18.2 Å². The topological polar surface area (TPSA) is 111 Å². The zero-order chi connectivity index (χ0) is 23.7. The van der Waals surface area contributed by atoms with Crippen molar-refractivity contribution in [2.75, 3.05) is 12.4 Å². The molecule has 2 aliphatic rings. The molecule has 33 heavy (non-hydrogen) atoms. The number of hydrogen-bond acceptors (Lipinski definition) is 5. The number of amides is 1. The van der Waals surface area contributed by atoms with Gasteiger partial charge in [0.15, 0.2) is 0 Å². The summed E-state index contributed by atoms with van der Waals surface area (Å²) < 4.78 is 13.5. The van der Waals surface area contributed by atoms with Gasteiger partial charge in [-0.2, -0.15) is 0 Å². The molecule has 0 radical (unpaired) electrons. The Labute approximate surface area is 197 Å². The van der Waals surface area contributed by atoms with Crippen LogP contribution in [0.1, 0.15) is 30.7 Å². The van der Waals surface area contributed by atoms with E-state index in [-0.39, 0.29) is 45.8 Å². The van der Waals surface area contributed by atoms with Crippen LogP contribution >= 0.6 is 11.6 Å². The van der Waals surface area contributed by atoms with E-state index in [1.165, 1.54) is 12.1 Å². The predicted molar refractivity (Wildman–Crippen MR) is 128 cm³/mol.